The molecule has 0 aromatic heterocycles. The number of alkyl halides is 3. The van der Waals surface area contributed by atoms with Crippen LogP contribution in [0, 0.1) is 0 Å². The van der Waals surface area contributed by atoms with Gasteiger partial charge >= 0.3 is 5.51 Å². The van der Waals surface area contributed by atoms with Crippen LogP contribution in [0.3, 0.4) is 0 Å². The normalized spacial score (nSPS) is 26.2. The van der Waals surface area contributed by atoms with Gasteiger partial charge in [0.1, 0.15) is 17.5 Å². The number of carbonyl (C=O) groups excluding carboxylic acids is 1. The maximum absolute atomic E-state index is 12.7. The Bertz CT molecular complexity index is 662. The molecule has 1 saturated heterocycles. The molecule has 3 rings (SSSR count). The number of amides is 1. The first-order valence-electron chi connectivity index (χ1n) is 7.65. The molecule has 24 heavy (non-hydrogen) atoms. The average molecular weight is 361 g/mol. The first-order valence-corrected chi connectivity index (χ1v) is 8.46. The Hall–Kier alpha value is -1.41. The molecule has 1 fully saturated rings. The number of nitrogens with zero attached hydrogens (tertiary/aromatic N) is 1. The van der Waals surface area contributed by atoms with Crippen LogP contribution in [0.25, 0.3) is 0 Å². The molecule has 0 bridgehead atoms. The lowest BCUT2D eigenvalue weighted by Crippen LogP contribution is -2.53. The average Bonchev–Trinajstić information content (AvgIpc) is 2.85. The van der Waals surface area contributed by atoms with Crippen molar-refractivity contribution >= 4 is 17.7 Å². The lowest BCUT2D eigenvalue weighted by Gasteiger charge is -2.45. The van der Waals surface area contributed by atoms with Gasteiger partial charge in [0, 0.05) is 23.4 Å². The Balaban J connectivity index is 2.05. The van der Waals surface area contributed by atoms with E-state index in [-0.39, 0.29) is 22.6 Å². The zero-order valence-electron chi connectivity index (χ0n) is 13.3. The Morgan fingerprint density at radius 1 is 1.38 bits per heavy atom. The topological polar surface area (TPSA) is 49.8 Å². The molecular weight excluding hydrogens is 343 g/mol. The monoisotopic (exact) mass is 361 g/mol. The summed E-state index contributed by atoms with van der Waals surface area (Å²) in [4.78, 5) is 13.7. The number of aliphatic hydroxyl groups is 1. The molecule has 0 aliphatic carbocycles. The van der Waals surface area contributed by atoms with Gasteiger partial charge in [0.25, 0.3) is 0 Å². The van der Waals surface area contributed by atoms with Crippen molar-refractivity contribution in [2.45, 2.75) is 54.8 Å². The molecular formula is C16H18F3NO3S. The van der Waals surface area contributed by atoms with Crippen LogP contribution in [-0.2, 0) is 4.79 Å². The third-order valence-electron chi connectivity index (χ3n) is 4.36. The highest BCUT2D eigenvalue weighted by Crippen LogP contribution is 2.47. The van der Waals surface area contributed by atoms with Crippen molar-refractivity contribution in [1.29, 1.82) is 0 Å². The molecule has 8 heteroatoms. The van der Waals surface area contributed by atoms with E-state index in [2.05, 4.69) is 0 Å². The van der Waals surface area contributed by atoms with Crippen LogP contribution in [0.4, 0.5) is 13.2 Å². The highest BCUT2D eigenvalue weighted by Gasteiger charge is 2.47. The number of hydrogen-bond donors (Lipinski definition) is 1. The highest BCUT2D eigenvalue weighted by molar-refractivity contribution is 8.00. The van der Waals surface area contributed by atoms with Crippen molar-refractivity contribution in [2.24, 2.45) is 0 Å². The third-order valence-corrected chi connectivity index (χ3v) is 5.08. The maximum atomic E-state index is 12.7. The summed E-state index contributed by atoms with van der Waals surface area (Å²) < 4.78 is 43.7. The number of ether oxygens (including phenoxy) is 1. The quantitative estimate of drug-likeness (QED) is 0.820. The fourth-order valence-electron chi connectivity index (χ4n) is 3.24. The number of likely N-dealkylation sites (tertiary alicyclic amines) is 1. The molecule has 1 N–H and O–H groups in total. The summed E-state index contributed by atoms with van der Waals surface area (Å²) in [6.07, 6.45) is 0.0325. The minimum atomic E-state index is -4.40. The number of hydrogen-bond acceptors (Lipinski definition) is 4. The largest absolute Gasteiger partial charge is 0.485 e. The van der Waals surface area contributed by atoms with E-state index in [0.717, 1.165) is 0 Å². The van der Waals surface area contributed by atoms with Gasteiger partial charge in [-0.05, 0) is 50.2 Å². The minimum Gasteiger partial charge on any atom is -0.485 e. The van der Waals surface area contributed by atoms with Crippen LogP contribution in [0.15, 0.2) is 23.1 Å². The number of benzene rings is 1. The van der Waals surface area contributed by atoms with E-state index in [0.29, 0.717) is 30.7 Å². The van der Waals surface area contributed by atoms with Gasteiger partial charge < -0.3 is 14.7 Å². The number of halogens is 3. The molecule has 2 aliphatic heterocycles. The fraction of sp³-hybridized carbons (Fsp3) is 0.562. The molecule has 0 saturated carbocycles. The Morgan fingerprint density at radius 3 is 2.67 bits per heavy atom. The molecule has 4 nitrogen and oxygen atoms in total. The Morgan fingerprint density at radius 2 is 2.08 bits per heavy atom. The van der Waals surface area contributed by atoms with Crippen molar-refractivity contribution < 1.29 is 27.8 Å². The van der Waals surface area contributed by atoms with Gasteiger partial charge in [-0.25, -0.2) is 0 Å². The second-order valence-corrected chi connectivity index (χ2v) is 7.67. The van der Waals surface area contributed by atoms with E-state index in [9.17, 15) is 23.1 Å². The number of carbonyl (C=O) groups is 1. The predicted octanol–water partition coefficient (Wildman–Crippen LogP) is 3.49. The van der Waals surface area contributed by atoms with E-state index < -0.39 is 23.3 Å². The van der Waals surface area contributed by atoms with Gasteiger partial charge in [0.2, 0.25) is 5.91 Å². The van der Waals surface area contributed by atoms with Crippen molar-refractivity contribution in [2.75, 3.05) is 6.54 Å². The molecule has 2 atom stereocenters. The molecule has 1 aromatic rings. The van der Waals surface area contributed by atoms with Gasteiger partial charge in [-0.15, -0.1) is 0 Å². The third kappa shape index (κ3) is 3.21. The van der Waals surface area contributed by atoms with E-state index in [1.807, 2.05) is 0 Å². The predicted molar refractivity (Wildman–Crippen MR) is 82.8 cm³/mol. The van der Waals surface area contributed by atoms with Crippen LogP contribution in [0.1, 0.15) is 38.3 Å². The van der Waals surface area contributed by atoms with Gasteiger partial charge in [0.15, 0.2) is 0 Å². The maximum Gasteiger partial charge on any atom is 0.446 e. The summed E-state index contributed by atoms with van der Waals surface area (Å²) in [6.45, 7) is 3.88. The number of rotatable bonds is 2. The van der Waals surface area contributed by atoms with E-state index >= 15 is 0 Å². The summed E-state index contributed by atoms with van der Waals surface area (Å²) in [5.74, 6) is 0.304. The zero-order valence-corrected chi connectivity index (χ0v) is 14.1. The number of thioether (sulfide) groups is 1. The zero-order chi connectivity index (χ0) is 17.7. The summed E-state index contributed by atoms with van der Waals surface area (Å²) >= 11 is -0.221. The van der Waals surface area contributed by atoms with E-state index in [1.165, 1.54) is 18.2 Å². The van der Waals surface area contributed by atoms with Gasteiger partial charge in [-0.2, -0.15) is 13.2 Å². The first kappa shape index (κ1) is 17.4. The van der Waals surface area contributed by atoms with Crippen LogP contribution in [0.2, 0.25) is 0 Å². The summed E-state index contributed by atoms with van der Waals surface area (Å²) in [5.41, 5.74) is -4.92. The molecule has 1 aromatic carbocycles. The number of aliphatic hydroxyl groups excluding tert-OH is 1. The minimum absolute atomic E-state index is 0.00778. The Kier molecular flexibility index (Phi) is 4.24. The summed E-state index contributed by atoms with van der Waals surface area (Å²) in [7, 11) is 0. The van der Waals surface area contributed by atoms with Crippen LogP contribution in [-0.4, -0.2) is 39.7 Å². The van der Waals surface area contributed by atoms with E-state index in [4.69, 9.17) is 4.74 Å². The van der Waals surface area contributed by atoms with Crippen molar-refractivity contribution in [1.82, 2.24) is 4.90 Å². The van der Waals surface area contributed by atoms with Gasteiger partial charge in [-0.3, -0.25) is 4.79 Å². The Labute approximate surface area is 142 Å². The molecule has 1 amide bonds. The molecule has 0 radical (unpaired) electrons. The summed E-state index contributed by atoms with van der Waals surface area (Å²) in [6, 6.07) is 3.48. The van der Waals surface area contributed by atoms with Crippen molar-refractivity contribution in [3.8, 4) is 5.75 Å². The van der Waals surface area contributed by atoms with Gasteiger partial charge in [0.05, 0.1) is 6.04 Å². The second-order valence-electron chi connectivity index (χ2n) is 6.53. The number of fused-ring (bicyclic) bond motifs is 1. The standard InChI is InChI=1S/C16H18F3NO3S/c1-15(2)14(22)13(20-7-3-4-12(20)21)10-8-9(24-16(17,18)19)5-6-11(10)23-15/h5-6,8,13-14,22H,3-4,7H2,1-2H3/t13-,14+/m0/s1. The van der Waals surface area contributed by atoms with Crippen LogP contribution < -0.4 is 4.74 Å². The molecule has 0 spiro atoms. The van der Waals surface area contributed by atoms with Crippen molar-refractivity contribution in [3.63, 3.8) is 0 Å². The van der Waals surface area contributed by atoms with Crippen LogP contribution >= 0.6 is 11.8 Å². The molecule has 132 valence electrons. The first-order chi connectivity index (χ1) is 11.1. The van der Waals surface area contributed by atoms with Crippen LogP contribution in [0.5, 0.6) is 5.75 Å². The SMILES string of the molecule is CC1(C)Oc2ccc(SC(F)(F)F)cc2[C@H](N2CCCC2=O)[C@H]1O. The van der Waals surface area contributed by atoms with E-state index in [1.54, 1.807) is 18.7 Å². The fourth-order valence-corrected chi connectivity index (χ4v) is 3.83. The molecule has 2 heterocycles. The second kappa shape index (κ2) is 5.84. The highest BCUT2D eigenvalue weighted by atomic mass is 32.2. The lowest BCUT2D eigenvalue weighted by molar-refractivity contribution is -0.139. The molecule has 0 unspecified atom stereocenters. The molecule has 2 aliphatic rings. The van der Waals surface area contributed by atoms with Crippen molar-refractivity contribution in [3.05, 3.63) is 23.8 Å². The smallest absolute Gasteiger partial charge is 0.446 e. The van der Waals surface area contributed by atoms with Gasteiger partial charge in [-0.1, -0.05) is 0 Å². The summed E-state index contributed by atoms with van der Waals surface area (Å²) in [5, 5.41) is 10.7. The lowest BCUT2D eigenvalue weighted by atomic mass is 9.85.